The Morgan fingerprint density at radius 2 is 2.16 bits per heavy atom. The molecule has 25 heavy (non-hydrogen) atoms. The second-order valence-electron chi connectivity index (χ2n) is 6.46. The van der Waals surface area contributed by atoms with E-state index < -0.39 is 17.9 Å². The minimum atomic E-state index is -1.12. The number of nitrogens with zero attached hydrogens (tertiary/aromatic N) is 2. The van der Waals surface area contributed by atoms with Gasteiger partial charge in [-0.25, -0.2) is 4.79 Å². The molecule has 2 amide bonds. The fourth-order valence-electron chi connectivity index (χ4n) is 2.56. The van der Waals surface area contributed by atoms with Crippen molar-refractivity contribution in [2.45, 2.75) is 45.6 Å². The molecule has 0 aromatic heterocycles. The number of hydrogen-bond acceptors (Lipinski definition) is 5. The minimum absolute atomic E-state index is 0.0994. The maximum absolute atomic E-state index is 12.0. The maximum Gasteiger partial charge on any atom is 0.326 e. The molecule has 0 aliphatic carbocycles. The molecular formula is C17H26N4O4. The lowest BCUT2D eigenvalue weighted by molar-refractivity contribution is -0.141. The molecule has 0 aromatic rings. The number of carboxylic acid groups (broad SMARTS) is 1. The van der Waals surface area contributed by atoms with Crippen LogP contribution in [0.5, 0.6) is 0 Å². The summed E-state index contributed by atoms with van der Waals surface area (Å²) in [7, 11) is 0. The van der Waals surface area contributed by atoms with Crippen molar-refractivity contribution in [1.82, 2.24) is 15.5 Å². The molecule has 1 unspecified atom stereocenters. The van der Waals surface area contributed by atoms with Crippen molar-refractivity contribution in [3.8, 4) is 6.07 Å². The third-order valence-corrected chi connectivity index (χ3v) is 3.84. The predicted molar refractivity (Wildman–Crippen MR) is 91.2 cm³/mol. The zero-order chi connectivity index (χ0) is 18.8. The van der Waals surface area contributed by atoms with Gasteiger partial charge in [-0.3, -0.25) is 9.59 Å². The lowest BCUT2D eigenvalue weighted by Gasteiger charge is -2.16. The molecule has 0 saturated carbocycles. The van der Waals surface area contributed by atoms with Gasteiger partial charge < -0.3 is 20.6 Å². The number of carbonyl (C=O) groups excluding carboxylic acids is 2. The third-order valence-electron chi connectivity index (χ3n) is 3.84. The molecule has 1 aliphatic heterocycles. The zero-order valence-electron chi connectivity index (χ0n) is 14.7. The van der Waals surface area contributed by atoms with E-state index in [4.69, 9.17) is 10.4 Å². The molecule has 1 atom stereocenters. The van der Waals surface area contributed by atoms with Gasteiger partial charge in [0, 0.05) is 32.3 Å². The fraction of sp³-hybridized carbons (Fsp3) is 0.647. The van der Waals surface area contributed by atoms with Crippen LogP contribution in [0.2, 0.25) is 0 Å². The van der Waals surface area contributed by atoms with Gasteiger partial charge in [0.05, 0.1) is 0 Å². The molecule has 1 rings (SSSR count). The van der Waals surface area contributed by atoms with Gasteiger partial charge in [-0.2, -0.15) is 5.26 Å². The molecule has 1 saturated heterocycles. The van der Waals surface area contributed by atoms with Crippen LogP contribution in [-0.2, 0) is 14.4 Å². The number of nitrogens with one attached hydrogen (secondary N) is 2. The highest BCUT2D eigenvalue weighted by molar-refractivity contribution is 5.99. The first-order chi connectivity index (χ1) is 11.8. The van der Waals surface area contributed by atoms with E-state index in [2.05, 4.69) is 10.6 Å². The monoisotopic (exact) mass is 350 g/mol. The SMILES string of the molecule is CC(C)CC(NC(=O)/C(C#N)=C\NCCCN1CCCC1=O)C(=O)O. The molecule has 1 fully saturated rings. The summed E-state index contributed by atoms with van der Waals surface area (Å²) in [5, 5.41) is 23.4. The van der Waals surface area contributed by atoms with E-state index in [9.17, 15) is 14.4 Å². The summed E-state index contributed by atoms with van der Waals surface area (Å²) in [6.45, 7) is 5.65. The number of hydrogen-bond donors (Lipinski definition) is 3. The Hall–Kier alpha value is -2.56. The van der Waals surface area contributed by atoms with E-state index in [1.807, 2.05) is 13.8 Å². The number of carbonyl (C=O) groups is 3. The summed E-state index contributed by atoms with van der Waals surface area (Å²) < 4.78 is 0. The van der Waals surface area contributed by atoms with Gasteiger partial charge in [0.2, 0.25) is 5.91 Å². The number of amides is 2. The molecule has 1 heterocycles. The van der Waals surface area contributed by atoms with Crippen LogP contribution in [0.4, 0.5) is 0 Å². The number of rotatable bonds is 10. The van der Waals surface area contributed by atoms with Gasteiger partial charge in [-0.1, -0.05) is 13.8 Å². The van der Waals surface area contributed by atoms with Crippen LogP contribution in [0.15, 0.2) is 11.8 Å². The minimum Gasteiger partial charge on any atom is -0.480 e. The van der Waals surface area contributed by atoms with Crippen LogP contribution in [-0.4, -0.2) is 53.5 Å². The second kappa shape index (κ2) is 10.3. The highest BCUT2D eigenvalue weighted by atomic mass is 16.4. The average molecular weight is 350 g/mol. The van der Waals surface area contributed by atoms with Crippen molar-refractivity contribution >= 4 is 17.8 Å². The van der Waals surface area contributed by atoms with E-state index in [0.717, 1.165) is 13.0 Å². The van der Waals surface area contributed by atoms with Crippen LogP contribution in [0.25, 0.3) is 0 Å². The largest absolute Gasteiger partial charge is 0.480 e. The lowest BCUT2D eigenvalue weighted by Crippen LogP contribution is -2.42. The standard InChI is InChI=1S/C17H26N4O4/c1-12(2)9-14(17(24)25)20-16(23)13(10-18)11-19-6-4-8-21-7-3-5-15(21)22/h11-12,14,19H,3-9H2,1-2H3,(H,20,23)(H,24,25)/b13-11-. The first-order valence-corrected chi connectivity index (χ1v) is 8.50. The molecule has 138 valence electrons. The van der Waals surface area contributed by atoms with Gasteiger partial charge in [-0.05, 0) is 25.2 Å². The van der Waals surface area contributed by atoms with Crippen LogP contribution in [0, 0.1) is 17.2 Å². The Morgan fingerprint density at radius 3 is 2.68 bits per heavy atom. The summed E-state index contributed by atoms with van der Waals surface area (Å²) in [5.74, 6) is -1.57. The van der Waals surface area contributed by atoms with Crippen LogP contribution in [0.1, 0.15) is 39.5 Å². The normalized spacial score (nSPS) is 15.8. The number of nitriles is 1. The Morgan fingerprint density at radius 1 is 1.44 bits per heavy atom. The van der Waals surface area contributed by atoms with E-state index >= 15 is 0 Å². The predicted octanol–water partition coefficient (Wildman–Crippen LogP) is 0.611. The van der Waals surface area contributed by atoms with E-state index in [1.165, 1.54) is 6.20 Å². The Labute approximate surface area is 147 Å². The van der Waals surface area contributed by atoms with E-state index in [0.29, 0.717) is 25.9 Å². The van der Waals surface area contributed by atoms with Crippen molar-refractivity contribution in [3.63, 3.8) is 0 Å². The van der Waals surface area contributed by atoms with E-state index in [-0.39, 0.29) is 23.8 Å². The lowest BCUT2D eigenvalue weighted by atomic mass is 10.0. The number of likely N-dealkylation sites (tertiary alicyclic amines) is 1. The molecule has 8 nitrogen and oxygen atoms in total. The third kappa shape index (κ3) is 7.25. The Balaban J connectivity index is 2.43. The highest BCUT2D eigenvalue weighted by Gasteiger charge is 2.23. The second-order valence-corrected chi connectivity index (χ2v) is 6.46. The Kier molecular flexibility index (Phi) is 8.47. The fourth-order valence-corrected chi connectivity index (χ4v) is 2.56. The first kappa shape index (κ1) is 20.5. The van der Waals surface area contributed by atoms with Crippen LogP contribution < -0.4 is 10.6 Å². The first-order valence-electron chi connectivity index (χ1n) is 8.50. The zero-order valence-corrected chi connectivity index (χ0v) is 14.7. The molecular weight excluding hydrogens is 324 g/mol. The van der Waals surface area contributed by atoms with Gasteiger partial charge in [0.1, 0.15) is 17.7 Å². The number of carboxylic acids is 1. The average Bonchev–Trinajstić information content (AvgIpc) is 2.94. The van der Waals surface area contributed by atoms with E-state index in [1.54, 1.807) is 11.0 Å². The number of aliphatic carboxylic acids is 1. The van der Waals surface area contributed by atoms with Crippen molar-refractivity contribution in [2.75, 3.05) is 19.6 Å². The van der Waals surface area contributed by atoms with Gasteiger partial charge >= 0.3 is 5.97 Å². The van der Waals surface area contributed by atoms with Gasteiger partial charge in [0.15, 0.2) is 0 Å². The smallest absolute Gasteiger partial charge is 0.326 e. The van der Waals surface area contributed by atoms with Gasteiger partial charge in [0.25, 0.3) is 5.91 Å². The van der Waals surface area contributed by atoms with Crippen molar-refractivity contribution < 1.29 is 19.5 Å². The summed E-state index contributed by atoms with van der Waals surface area (Å²) >= 11 is 0. The summed E-state index contributed by atoms with van der Waals surface area (Å²) in [6, 6.07) is 0.745. The quantitative estimate of drug-likeness (QED) is 0.301. The summed E-state index contributed by atoms with van der Waals surface area (Å²) in [4.78, 5) is 36.5. The molecule has 0 spiro atoms. The summed E-state index contributed by atoms with van der Waals surface area (Å²) in [6.07, 6.45) is 3.78. The maximum atomic E-state index is 12.0. The van der Waals surface area contributed by atoms with Crippen molar-refractivity contribution in [2.24, 2.45) is 5.92 Å². The van der Waals surface area contributed by atoms with Gasteiger partial charge in [-0.15, -0.1) is 0 Å². The molecule has 8 heteroatoms. The molecule has 0 aromatic carbocycles. The topological polar surface area (TPSA) is 123 Å². The van der Waals surface area contributed by atoms with Crippen molar-refractivity contribution in [1.29, 1.82) is 5.26 Å². The molecule has 3 N–H and O–H groups in total. The Bertz CT molecular complexity index is 565. The van der Waals surface area contributed by atoms with Crippen molar-refractivity contribution in [3.05, 3.63) is 11.8 Å². The summed E-state index contributed by atoms with van der Waals surface area (Å²) in [5.41, 5.74) is -0.174. The molecule has 0 bridgehead atoms. The molecule has 1 aliphatic rings. The highest BCUT2D eigenvalue weighted by Crippen LogP contribution is 2.09. The van der Waals surface area contributed by atoms with Crippen LogP contribution in [0.3, 0.4) is 0 Å². The van der Waals surface area contributed by atoms with Crippen LogP contribution >= 0.6 is 0 Å². The molecule has 0 radical (unpaired) electrons.